The molecule has 24 heavy (non-hydrogen) atoms. The van der Waals surface area contributed by atoms with E-state index >= 15 is 0 Å². The molecule has 2 aromatic rings. The maximum absolute atomic E-state index is 12.8. The minimum absolute atomic E-state index is 0.0480. The van der Waals surface area contributed by atoms with Crippen molar-refractivity contribution in [3.8, 4) is 5.75 Å². The van der Waals surface area contributed by atoms with E-state index in [0.29, 0.717) is 5.75 Å². The number of sulfonamides is 1. The minimum Gasteiger partial charge on any atom is -0.388 e. The van der Waals surface area contributed by atoms with Gasteiger partial charge in [-0.05, 0) is 43.7 Å². The average molecular weight is 365 g/mol. The summed E-state index contributed by atoms with van der Waals surface area (Å²) in [7, 11) is -3.97. The highest BCUT2D eigenvalue weighted by molar-refractivity contribution is 7.99. The van der Waals surface area contributed by atoms with E-state index in [1.54, 1.807) is 62.4 Å². The van der Waals surface area contributed by atoms with Crippen LogP contribution in [0.15, 0.2) is 66.1 Å². The number of para-hydroxylation sites is 1. The van der Waals surface area contributed by atoms with Crippen LogP contribution in [0.3, 0.4) is 0 Å². The van der Waals surface area contributed by atoms with E-state index in [9.17, 15) is 12.6 Å². The van der Waals surface area contributed by atoms with Gasteiger partial charge in [-0.15, -0.1) is 0 Å². The lowest BCUT2D eigenvalue weighted by molar-refractivity contribution is 0.444. The van der Waals surface area contributed by atoms with E-state index in [1.807, 2.05) is 0 Å². The van der Waals surface area contributed by atoms with Crippen molar-refractivity contribution >= 4 is 27.4 Å². The second-order valence-electron chi connectivity index (χ2n) is 5.24. The van der Waals surface area contributed by atoms with E-state index in [1.165, 1.54) is 12.1 Å². The molecule has 2 rings (SSSR count). The van der Waals surface area contributed by atoms with Gasteiger partial charge in [-0.25, -0.2) is 8.42 Å². The Morgan fingerprint density at radius 3 is 2.17 bits per heavy atom. The Kier molecular flexibility index (Phi) is 5.93. The molecule has 0 radical (unpaired) electrons. The molecule has 0 spiro atoms. The highest BCUT2D eigenvalue weighted by Crippen LogP contribution is 2.23. The van der Waals surface area contributed by atoms with E-state index in [0.717, 1.165) is 9.27 Å². The van der Waals surface area contributed by atoms with Crippen LogP contribution >= 0.6 is 0 Å². The Balaban J connectivity index is 2.34. The Labute approximate surface area is 145 Å². The van der Waals surface area contributed by atoms with Crippen LogP contribution in [0.25, 0.3) is 6.08 Å². The van der Waals surface area contributed by atoms with Crippen molar-refractivity contribution in [2.75, 3.05) is 0 Å². The predicted molar refractivity (Wildman–Crippen MR) is 95.9 cm³/mol. The Morgan fingerprint density at radius 2 is 1.67 bits per heavy atom. The molecule has 1 atom stereocenters. The van der Waals surface area contributed by atoms with Crippen molar-refractivity contribution in [1.29, 1.82) is 0 Å². The number of benzene rings is 2. The topological polar surface area (TPSA) is 63.7 Å². The summed E-state index contributed by atoms with van der Waals surface area (Å²) in [5.41, 5.74) is 0.798. The minimum atomic E-state index is -3.97. The van der Waals surface area contributed by atoms with Crippen LogP contribution in [-0.2, 0) is 21.3 Å². The second kappa shape index (κ2) is 7.74. The molecule has 7 heteroatoms. The average Bonchev–Trinajstić information content (AvgIpc) is 2.55. The van der Waals surface area contributed by atoms with E-state index in [-0.39, 0.29) is 4.90 Å². The van der Waals surface area contributed by atoms with Crippen molar-refractivity contribution in [2.45, 2.75) is 24.8 Å². The fraction of sp³-hybridized carbons (Fsp3) is 0.176. The highest BCUT2D eigenvalue weighted by atomic mass is 32.3. The lowest BCUT2D eigenvalue weighted by Gasteiger charge is -2.23. The zero-order valence-electron chi connectivity index (χ0n) is 13.5. The summed E-state index contributed by atoms with van der Waals surface area (Å²) in [6.07, 6.45) is 1.62. The summed E-state index contributed by atoms with van der Waals surface area (Å²) in [5.74, 6) is 0.332. The summed E-state index contributed by atoms with van der Waals surface area (Å²) in [4.78, 5) is 0.0480. The van der Waals surface area contributed by atoms with Gasteiger partial charge in [-0.3, -0.25) is 0 Å². The standard InChI is InChI=1S/C17H19NO4S2/c1-4-15-10-12-17(13-11-15)24(20,21)18(14(2)3)23(19)22-16-8-6-5-7-9-16/h4-14H,1H2,2-3H3. The van der Waals surface area contributed by atoms with E-state index < -0.39 is 27.3 Å². The molecule has 2 aromatic carbocycles. The summed E-state index contributed by atoms with van der Waals surface area (Å²) >= 11 is -2.19. The van der Waals surface area contributed by atoms with Crippen molar-refractivity contribution in [3.63, 3.8) is 0 Å². The third-order valence-electron chi connectivity index (χ3n) is 3.13. The Bertz CT molecular complexity index is 815. The van der Waals surface area contributed by atoms with Gasteiger partial charge in [0.2, 0.25) is 0 Å². The van der Waals surface area contributed by atoms with Crippen molar-refractivity contribution in [3.05, 3.63) is 66.7 Å². The maximum atomic E-state index is 12.8. The third-order valence-corrected chi connectivity index (χ3v) is 6.90. The maximum Gasteiger partial charge on any atom is 0.305 e. The summed E-state index contributed by atoms with van der Waals surface area (Å²) in [6, 6.07) is 14.1. The molecule has 1 unspecified atom stereocenters. The normalized spacial score (nSPS) is 13.0. The van der Waals surface area contributed by atoms with Gasteiger partial charge in [0.1, 0.15) is 5.75 Å². The molecule has 0 aromatic heterocycles. The smallest absolute Gasteiger partial charge is 0.305 e. The molecule has 0 N–H and O–H groups in total. The molecule has 0 aliphatic heterocycles. The van der Waals surface area contributed by atoms with E-state index in [2.05, 4.69) is 6.58 Å². The van der Waals surface area contributed by atoms with Crippen LogP contribution in [0.4, 0.5) is 0 Å². The molecule has 0 aliphatic rings. The highest BCUT2D eigenvalue weighted by Gasteiger charge is 2.34. The van der Waals surface area contributed by atoms with Crippen LogP contribution in [-0.4, -0.2) is 22.4 Å². The van der Waals surface area contributed by atoms with Crippen LogP contribution < -0.4 is 4.18 Å². The molecule has 0 heterocycles. The summed E-state index contributed by atoms with van der Waals surface area (Å²) in [5, 5.41) is 0. The summed E-state index contributed by atoms with van der Waals surface area (Å²) in [6.45, 7) is 6.91. The van der Waals surface area contributed by atoms with Crippen LogP contribution in [0, 0.1) is 0 Å². The number of hydrogen-bond donors (Lipinski definition) is 0. The van der Waals surface area contributed by atoms with Gasteiger partial charge in [0.05, 0.1) is 4.90 Å². The Hall–Kier alpha value is -1.96. The van der Waals surface area contributed by atoms with Crippen molar-refractivity contribution < 1.29 is 16.8 Å². The monoisotopic (exact) mass is 365 g/mol. The zero-order chi connectivity index (χ0) is 17.7. The first-order valence-corrected chi connectivity index (χ1v) is 9.75. The van der Waals surface area contributed by atoms with Crippen molar-refractivity contribution in [1.82, 2.24) is 3.71 Å². The van der Waals surface area contributed by atoms with Crippen LogP contribution in [0.5, 0.6) is 5.75 Å². The summed E-state index contributed by atoms with van der Waals surface area (Å²) < 4.78 is 44.3. The number of rotatable bonds is 7. The van der Waals surface area contributed by atoms with Gasteiger partial charge in [-0.2, -0.15) is 4.21 Å². The number of hydrogen-bond acceptors (Lipinski definition) is 4. The van der Waals surface area contributed by atoms with Gasteiger partial charge in [0, 0.05) is 6.04 Å². The molecule has 0 fully saturated rings. The number of nitrogens with zero attached hydrogens (tertiary/aromatic N) is 1. The van der Waals surface area contributed by atoms with Crippen LogP contribution in [0.2, 0.25) is 0 Å². The molecule has 5 nitrogen and oxygen atoms in total. The van der Waals surface area contributed by atoms with Gasteiger partial charge in [0.15, 0.2) is 0 Å². The molecule has 0 saturated carbocycles. The molecule has 0 saturated heterocycles. The van der Waals surface area contributed by atoms with Gasteiger partial charge < -0.3 is 4.18 Å². The first-order valence-electron chi connectivity index (χ1n) is 7.28. The molecular formula is C17H19NO4S2. The predicted octanol–water partition coefficient (Wildman–Crippen LogP) is 3.39. The lowest BCUT2D eigenvalue weighted by Crippen LogP contribution is -2.40. The van der Waals surface area contributed by atoms with Gasteiger partial charge in [0.25, 0.3) is 10.0 Å². The first-order chi connectivity index (χ1) is 11.4. The molecular weight excluding hydrogens is 346 g/mol. The first kappa shape index (κ1) is 18.4. The molecule has 0 bridgehead atoms. The lowest BCUT2D eigenvalue weighted by atomic mass is 10.2. The molecule has 128 valence electrons. The SMILES string of the molecule is C=Cc1ccc(S(=O)(=O)N(C(C)C)S(=O)Oc2ccccc2)cc1. The third kappa shape index (κ3) is 4.11. The Morgan fingerprint density at radius 1 is 1.08 bits per heavy atom. The zero-order valence-corrected chi connectivity index (χ0v) is 15.1. The van der Waals surface area contributed by atoms with E-state index in [4.69, 9.17) is 4.18 Å². The quantitative estimate of drug-likeness (QED) is 0.754. The fourth-order valence-electron chi connectivity index (χ4n) is 2.00. The van der Waals surface area contributed by atoms with Crippen molar-refractivity contribution in [2.24, 2.45) is 0 Å². The molecule has 0 amide bonds. The fourth-order valence-corrected chi connectivity index (χ4v) is 4.93. The largest absolute Gasteiger partial charge is 0.388 e. The van der Waals surface area contributed by atoms with Gasteiger partial charge >= 0.3 is 11.3 Å². The van der Waals surface area contributed by atoms with Crippen LogP contribution in [0.1, 0.15) is 19.4 Å². The molecule has 0 aliphatic carbocycles. The second-order valence-corrected chi connectivity index (χ2v) is 8.28. The van der Waals surface area contributed by atoms with Gasteiger partial charge in [-0.1, -0.05) is 46.7 Å².